The van der Waals surface area contributed by atoms with Gasteiger partial charge in [0.05, 0.1) is 19.1 Å². The molecule has 0 radical (unpaired) electrons. The lowest BCUT2D eigenvalue weighted by Crippen LogP contribution is -2.38. The Labute approximate surface area is 132 Å². The van der Waals surface area contributed by atoms with E-state index >= 15 is 0 Å². The summed E-state index contributed by atoms with van der Waals surface area (Å²) in [5.74, 6) is 0.391. The molecule has 5 heteroatoms. The summed E-state index contributed by atoms with van der Waals surface area (Å²) in [4.78, 5) is 16.7. The smallest absolute Gasteiger partial charge is 0.227 e. The maximum absolute atomic E-state index is 12.5. The van der Waals surface area contributed by atoms with Crippen molar-refractivity contribution in [1.82, 2.24) is 10.2 Å². The molecule has 120 valence electrons. The van der Waals surface area contributed by atoms with Crippen LogP contribution in [0.1, 0.15) is 12.0 Å². The summed E-state index contributed by atoms with van der Waals surface area (Å²) in [6, 6.07) is 8.39. The number of amides is 1. The zero-order valence-corrected chi connectivity index (χ0v) is 13.3. The highest BCUT2D eigenvalue weighted by Crippen LogP contribution is 2.23. The third-order valence-electron chi connectivity index (χ3n) is 4.54. The number of morpholine rings is 1. The van der Waals surface area contributed by atoms with Gasteiger partial charge in [-0.3, -0.25) is 4.79 Å². The molecule has 2 saturated heterocycles. The second-order valence-corrected chi connectivity index (χ2v) is 6.11. The number of hydrogen-bond donors (Lipinski definition) is 1. The summed E-state index contributed by atoms with van der Waals surface area (Å²) in [7, 11) is 1.91. The van der Waals surface area contributed by atoms with E-state index in [0.29, 0.717) is 6.54 Å². The summed E-state index contributed by atoms with van der Waals surface area (Å²) in [6.45, 7) is 5.82. The minimum absolute atomic E-state index is 0.139. The standard InChI is InChI=1S/C17H25N3O2/c1-19(17(21)14-6-7-18-12-14)13-15-4-2-3-5-16(15)20-8-10-22-11-9-20/h2-5,14,18H,6-13H2,1H3. The molecule has 0 saturated carbocycles. The monoisotopic (exact) mass is 303 g/mol. The molecule has 1 unspecified atom stereocenters. The van der Waals surface area contributed by atoms with Crippen LogP contribution < -0.4 is 10.2 Å². The highest BCUT2D eigenvalue weighted by atomic mass is 16.5. The maximum Gasteiger partial charge on any atom is 0.227 e. The largest absolute Gasteiger partial charge is 0.378 e. The predicted molar refractivity (Wildman–Crippen MR) is 86.9 cm³/mol. The van der Waals surface area contributed by atoms with Crippen LogP contribution in [0.2, 0.25) is 0 Å². The van der Waals surface area contributed by atoms with Crippen molar-refractivity contribution >= 4 is 11.6 Å². The Balaban J connectivity index is 1.69. The normalized spacial score (nSPS) is 21.9. The van der Waals surface area contributed by atoms with E-state index in [1.807, 2.05) is 11.9 Å². The van der Waals surface area contributed by atoms with E-state index in [1.165, 1.54) is 11.3 Å². The zero-order valence-electron chi connectivity index (χ0n) is 13.3. The molecule has 0 spiro atoms. The highest BCUT2D eigenvalue weighted by molar-refractivity contribution is 5.79. The molecule has 1 aromatic rings. The van der Waals surface area contributed by atoms with E-state index in [0.717, 1.165) is 45.8 Å². The van der Waals surface area contributed by atoms with Crippen LogP contribution in [-0.2, 0) is 16.1 Å². The Bertz CT molecular complexity index is 508. The number of carbonyl (C=O) groups is 1. The second kappa shape index (κ2) is 7.11. The maximum atomic E-state index is 12.5. The number of nitrogens with one attached hydrogen (secondary N) is 1. The second-order valence-electron chi connectivity index (χ2n) is 6.11. The molecule has 2 aliphatic heterocycles. The quantitative estimate of drug-likeness (QED) is 0.904. The van der Waals surface area contributed by atoms with Gasteiger partial charge in [0, 0.05) is 38.9 Å². The van der Waals surface area contributed by atoms with E-state index in [9.17, 15) is 4.79 Å². The molecule has 0 bridgehead atoms. The van der Waals surface area contributed by atoms with Gasteiger partial charge in [-0.15, -0.1) is 0 Å². The van der Waals surface area contributed by atoms with Crippen molar-refractivity contribution in [2.24, 2.45) is 5.92 Å². The third-order valence-corrected chi connectivity index (χ3v) is 4.54. The topological polar surface area (TPSA) is 44.8 Å². The molecule has 5 nitrogen and oxygen atoms in total. The van der Waals surface area contributed by atoms with E-state index in [2.05, 4.69) is 34.5 Å². The predicted octanol–water partition coefficient (Wildman–Crippen LogP) is 1.09. The molecule has 1 aromatic carbocycles. The van der Waals surface area contributed by atoms with Crippen LogP contribution in [0.25, 0.3) is 0 Å². The first-order chi connectivity index (χ1) is 10.8. The molecule has 2 fully saturated rings. The Morgan fingerprint density at radius 2 is 2.14 bits per heavy atom. The minimum Gasteiger partial charge on any atom is -0.378 e. The van der Waals surface area contributed by atoms with Crippen LogP contribution in [0, 0.1) is 5.92 Å². The first-order valence-corrected chi connectivity index (χ1v) is 8.12. The molecular formula is C17H25N3O2. The van der Waals surface area contributed by atoms with Gasteiger partial charge in [-0.05, 0) is 24.6 Å². The van der Waals surface area contributed by atoms with Gasteiger partial charge in [-0.1, -0.05) is 18.2 Å². The van der Waals surface area contributed by atoms with Crippen LogP contribution in [0.3, 0.4) is 0 Å². The van der Waals surface area contributed by atoms with Crippen molar-refractivity contribution in [2.45, 2.75) is 13.0 Å². The van der Waals surface area contributed by atoms with Crippen LogP contribution in [0.5, 0.6) is 0 Å². The third kappa shape index (κ3) is 3.42. The van der Waals surface area contributed by atoms with Gasteiger partial charge in [0.2, 0.25) is 5.91 Å². The lowest BCUT2D eigenvalue weighted by atomic mass is 10.1. The molecule has 22 heavy (non-hydrogen) atoms. The van der Waals surface area contributed by atoms with Gasteiger partial charge >= 0.3 is 0 Å². The van der Waals surface area contributed by atoms with E-state index < -0.39 is 0 Å². The van der Waals surface area contributed by atoms with Crippen molar-refractivity contribution in [1.29, 1.82) is 0 Å². The lowest BCUT2D eigenvalue weighted by molar-refractivity contribution is -0.134. The van der Waals surface area contributed by atoms with Gasteiger partial charge in [0.15, 0.2) is 0 Å². The van der Waals surface area contributed by atoms with Crippen molar-refractivity contribution in [2.75, 3.05) is 51.3 Å². The summed E-state index contributed by atoms with van der Waals surface area (Å²) in [6.07, 6.45) is 0.953. The Morgan fingerprint density at radius 3 is 2.86 bits per heavy atom. The van der Waals surface area contributed by atoms with Crippen LogP contribution in [0.15, 0.2) is 24.3 Å². The number of anilines is 1. The minimum atomic E-state index is 0.139. The van der Waals surface area contributed by atoms with Crippen LogP contribution >= 0.6 is 0 Å². The van der Waals surface area contributed by atoms with E-state index in [-0.39, 0.29) is 11.8 Å². The average molecular weight is 303 g/mol. The van der Waals surface area contributed by atoms with Crippen LogP contribution in [-0.4, -0.2) is 57.2 Å². The Hall–Kier alpha value is -1.59. The molecule has 2 heterocycles. The van der Waals surface area contributed by atoms with Crippen molar-refractivity contribution in [3.05, 3.63) is 29.8 Å². The van der Waals surface area contributed by atoms with Crippen molar-refractivity contribution in [3.63, 3.8) is 0 Å². The number of benzene rings is 1. The lowest BCUT2D eigenvalue weighted by Gasteiger charge is -2.31. The van der Waals surface area contributed by atoms with Gasteiger partial charge in [0.25, 0.3) is 0 Å². The molecule has 1 amide bonds. The average Bonchev–Trinajstić information content (AvgIpc) is 3.10. The van der Waals surface area contributed by atoms with Gasteiger partial charge in [-0.2, -0.15) is 0 Å². The number of nitrogens with zero attached hydrogens (tertiary/aromatic N) is 2. The summed E-state index contributed by atoms with van der Waals surface area (Å²) in [5, 5.41) is 3.27. The summed E-state index contributed by atoms with van der Waals surface area (Å²) >= 11 is 0. The SMILES string of the molecule is CN(Cc1ccccc1N1CCOCC1)C(=O)C1CCNC1. The van der Waals surface area contributed by atoms with Crippen molar-refractivity contribution in [3.8, 4) is 0 Å². The number of para-hydroxylation sites is 1. The highest BCUT2D eigenvalue weighted by Gasteiger charge is 2.26. The molecule has 0 aromatic heterocycles. The fraction of sp³-hybridized carbons (Fsp3) is 0.588. The fourth-order valence-corrected chi connectivity index (χ4v) is 3.27. The fourth-order valence-electron chi connectivity index (χ4n) is 3.27. The Morgan fingerprint density at radius 1 is 1.36 bits per heavy atom. The first-order valence-electron chi connectivity index (χ1n) is 8.12. The molecule has 1 atom stereocenters. The Kier molecular flexibility index (Phi) is 4.95. The molecule has 3 rings (SSSR count). The zero-order chi connectivity index (χ0) is 15.4. The van der Waals surface area contributed by atoms with Gasteiger partial charge in [-0.25, -0.2) is 0 Å². The molecule has 1 N–H and O–H groups in total. The number of carbonyl (C=O) groups excluding carboxylic acids is 1. The number of ether oxygens (including phenoxy) is 1. The van der Waals surface area contributed by atoms with Crippen LogP contribution in [0.4, 0.5) is 5.69 Å². The molecular weight excluding hydrogens is 278 g/mol. The summed E-state index contributed by atoms with van der Waals surface area (Å²) < 4.78 is 5.43. The number of rotatable bonds is 4. The van der Waals surface area contributed by atoms with Gasteiger partial charge < -0.3 is 19.9 Å². The van der Waals surface area contributed by atoms with Gasteiger partial charge in [0.1, 0.15) is 0 Å². The van der Waals surface area contributed by atoms with Crippen molar-refractivity contribution < 1.29 is 9.53 Å². The van der Waals surface area contributed by atoms with E-state index in [1.54, 1.807) is 0 Å². The summed E-state index contributed by atoms with van der Waals surface area (Å²) in [5.41, 5.74) is 2.45. The van der Waals surface area contributed by atoms with E-state index in [4.69, 9.17) is 4.74 Å². The number of hydrogen-bond acceptors (Lipinski definition) is 4. The molecule has 0 aliphatic carbocycles. The first kappa shape index (κ1) is 15.3. The molecule has 2 aliphatic rings.